The zero-order valence-corrected chi connectivity index (χ0v) is 21.7. The van der Waals surface area contributed by atoms with E-state index in [1.807, 2.05) is 36.2 Å². The number of carboxylic acid groups (broad SMARTS) is 1. The Morgan fingerprint density at radius 1 is 1.35 bits per heavy atom. The second-order valence-corrected chi connectivity index (χ2v) is 10.3. The summed E-state index contributed by atoms with van der Waals surface area (Å²) in [5.41, 5.74) is 1.09. The molecule has 9 heteroatoms. The largest absolute Gasteiger partial charge is 0.465 e. The number of likely N-dealkylation sites (tertiary alicyclic amines) is 1. The van der Waals surface area contributed by atoms with Crippen molar-refractivity contribution in [2.75, 3.05) is 39.8 Å². The summed E-state index contributed by atoms with van der Waals surface area (Å²) in [5.74, 6) is 0.0811. The van der Waals surface area contributed by atoms with Crippen LogP contribution in [-0.2, 0) is 4.74 Å². The topological polar surface area (TPSA) is 103 Å². The highest BCUT2D eigenvalue weighted by molar-refractivity contribution is 6.30. The molecule has 0 saturated carbocycles. The summed E-state index contributed by atoms with van der Waals surface area (Å²) < 4.78 is 6.15. The Labute approximate surface area is 208 Å². The molecule has 3 atom stereocenters. The van der Waals surface area contributed by atoms with Crippen molar-refractivity contribution in [3.63, 3.8) is 0 Å². The number of nitrogens with one attached hydrogen (secondary N) is 3. The van der Waals surface area contributed by atoms with Gasteiger partial charge in [0.25, 0.3) is 0 Å². The molecular formula is C25H41ClN4O4. The number of hydrogen-bond acceptors (Lipinski definition) is 4. The van der Waals surface area contributed by atoms with Gasteiger partial charge < -0.3 is 30.7 Å². The summed E-state index contributed by atoms with van der Waals surface area (Å²) in [7, 11) is 1.90. The normalized spacial score (nSPS) is 18.3. The Morgan fingerprint density at radius 3 is 2.76 bits per heavy atom. The molecule has 1 fully saturated rings. The van der Waals surface area contributed by atoms with E-state index in [-0.39, 0.29) is 42.7 Å². The quantitative estimate of drug-likeness (QED) is 0.319. The molecule has 2 rings (SSSR count). The number of amides is 3. The number of carbonyl (C=O) groups is 2. The van der Waals surface area contributed by atoms with E-state index in [4.69, 9.17) is 21.4 Å². The molecule has 1 saturated heterocycles. The molecular weight excluding hydrogens is 456 g/mol. The van der Waals surface area contributed by atoms with Gasteiger partial charge in [0.05, 0.1) is 12.7 Å². The Kier molecular flexibility index (Phi) is 11.4. The summed E-state index contributed by atoms with van der Waals surface area (Å²) in [5, 5.41) is 18.2. The number of carbonyl (C=O) groups excluding carboxylic acids is 1. The van der Waals surface area contributed by atoms with Gasteiger partial charge >= 0.3 is 12.1 Å². The van der Waals surface area contributed by atoms with Crippen LogP contribution in [0, 0.1) is 11.3 Å². The van der Waals surface area contributed by atoms with Crippen molar-refractivity contribution < 1.29 is 19.4 Å². The maximum atomic E-state index is 13.2. The first-order chi connectivity index (χ1) is 16.1. The maximum Gasteiger partial charge on any atom is 0.404 e. The van der Waals surface area contributed by atoms with Gasteiger partial charge in [0.1, 0.15) is 0 Å². The van der Waals surface area contributed by atoms with Gasteiger partial charge in [0.2, 0.25) is 0 Å². The molecule has 34 heavy (non-hydrogen) atoms. The highest BCUT2D eigenvalue weighted by atomic mass is 35.5. The number of hydrogen-bond donors (Lipinski definition) is 4. The fourth-order valence-electron chi connectivity index (χ4n) is 4.47. The highest BCUT2D eigenvalue weighted by Crippen LogP contribution is 2.34. The van der Waals surface area contributed by atoms with Crippen LogP contribution in [-0.4, -0.2) is 68.0 Å². The molecule has 0 radical (unpaired) electrons. The van der Waals surface area contributed by atoms with Gasteiger partial charge in [-0.15, -0.1) is 0 Å². The van der Waals surface area contributed by atoms with Crippen LogP contribution in [0.15, 0.2) is 24.3 Å². The highest BCUT2D eigenvalue weighted by Gasteiger charge is 2.32. The average molecular weight is 497 g/mol. The van der Waals surface area contributed by atoms with Crippen LogP contribution in [0.2, 0.25) is 5.02 Å². The summed E-state index contributed by atoms with van der Waals surface area (Å²) in [6, 6.07) is 7.55. The van der Waals surface area contributed by atoms with Crippen LogP contribution in [0.3, 0.4) is 0 Å². The third-order valence-corrected chi connectivity index (χ3v) is 6.80. The second kappa shape index (κ2) is 13.8. The predicted molar refractivity (Wildman–Crippen MR) is 135 cm³/mol. The molecule has 1 aliphatic rings. The standard InChI is InChI=1S/C25H41ClN4O4/c1-5-25(2,3)15-21(16-27-4)29-23(31)30-12-7-9-19(17-30)22(34-13-11-28-24(32)33)18-8-6-10-20(26)14-18/h6,8,10,14,19,21-22,27-28H,5,7,9,11-13,15-17H2,1-4H3,(H,29,31)(H,32,33)/t19-,21+,22?/m1/s1. The zero-order valence-electron chi connectivity index (χ0n) is 20.9. The van der Waals surface area contributed by atoms with Gasteiger partial charge in [0.15, 0.2) is 0 Å². The second-order valence-electron chi connectivity index (χ2n) is 9.85. The number of urea groups is 1. The van der Waals surface area contributed by atoms with Crippen molar-refractivity contribution in [2.24, 2.45) is 11.3 Å². The number of nitrogens with zero attached hydrogens (tertiary/aromatic N) is 1. The van der Waals surface area contributed by atoms with E-state index in [2.05, 4.69) is 36.7 Å². The van der Waals surface area contributed by atoms with Crippen molar-refractivity contribution in [1.29, 1.82) is 0 Å². The van der Waals surface area contributed by atoms with Gasteiger partial charge in [-0.2, -0.15) is 0 Å². The van der Waals surface area contributed by atoms with Crippen LogP contribution in [0.4, 0.5) is 9.59 Å². The molecule has 1 aliphatic heterocycles. The number of likely N-dealkylation sites (N-methyl/N-ethyl adjacent to an activating group) is 1. The molecule has 1 unspecified atom stereocenters. The van der Waals surface area contributed by atoms with Crippen molar-refractivity contribution in [2.45, 2.75) is 58.6 Å². The average Bonchev–Trinajstić information content (AvgIpc) is 2.79. The van der Waals surface area contributed by atoms with Gasteiger partial charge in [0, 0.05) is 43.2 Å². The summed E-state index contributed by atoms with van der Waals surface area (Å²) in [6.45, 7) is 9.06. The third kappa shape index (κ3) is 9.31. The summed E-state index contributed by atoms with van der Waals surface area (Å²) in [4.78, 5) is 25.9. The predicted octanol–water partition coefficient (Wildman–Crippen LogP) is 4.50. The number of rotatable bonds is 12. The zero-order chi connectivity index (χ0) is 25.1. The van der Waals surface area contributed by atoms with Crippen LogP contribution in [0.25, 0.3) is 0 Å². The third-order valence-electron chi connectivity index (χ3n) is 6.56. The fourth-order valence-corrected chi connectivity index (χ4v) is 4.67. The molecule has 192 valence electrons. The number of ether oxygens (including phenoxy) is 1. The molecule has 4 N–H and O–H groups in total. The van der Waals surface area contributed by atoms with E-state index in [9.17, 15) is 9.59 Å². The lowest BCUT2D eigenvalue weighted by molar-refractivity contribution is -0.00853. The molecule has 0 spiro atoms. The van der Waals surface area contributed by atoms with Crippen LogP contribution >= 0.6 is 11.6 Å². The molecule has 1 aromatic rings. The lowest BCUT2D eigenvalue weighted by atomic mass is 9.83. The first-order valence-corrected chi connectivity index (χ1v) is 12.6. The number of halogens is 1. The lowest BCUT2D eigenvalue weighted by Crippen LogP contribution is -2.52. The Hall–Kier alpha value is -2.03. The van der Waals surface area contributed by atoms with Crippen molar-refractivity contribution in [3.05, 3.63) is 34.9 Å². The van der Waals surface area contributed by atoms with Crippen molar-refractivity contribution in [3.8, 4) is 0 Å². The van der Waals surface area contributed by atoms with Crippen LogP contribution in [0.5, 0.6) is 0 Å². The van der Waals surface area contributed by atoms with E-state index in [1.54, 1.807) is 0 Å². The molecule has 0 bridgehead atoms. The van der Waals surface area contributed by atoms with E-state index in [0.717, 1.165) is 37.8 Å². The van der Waals surface area contributed by atoms with Gasteiger partial charge in [-0.1, -0.05) is 50.9 Å². The molecule has 1 aromatic carbocycles. The van der Waals surface area contributed by atoms with Gasteiger partial charge in [-0.05, 0) is 49.4 Å². The van der Waals surface area contributed by atoms with E-state index in [1.165, 1.54) is 0 Å². The van der Waals surface area contributed by atoms with E-state index < -0.39 is 6.09 Å². The molecule has 0 aromatic heterocycles. The Bertz CT molecular complexity index is 792. The van der Waals surface area contributed by atoms with E-state index >= 15 is 0 Å². The minimum absolute atomic E-state index is 0.0470. The first kappa shape index (κ1) is 28.2. The maximum absolute atomic E-state index is 13.2. The molecule has 3 amide bonds. The lowest BCUT2D eigenvalue weighted by Gasteiger charge is -2.38. The summed E-state index contributed by atoms with van der Waals surface area (Å²) >= 11 is 6.24. The Balaban J connectivity index is 2.08. The monoisotopic (exact) mass is 496 g/mol. The molecule has 8 nitrogen and oxygen atoms in total. The first-order valence-electron chi connectivity index (χ1n) is 12.2. The minimum Gasteiger partial charge on any atom is -0.465 e. The van der Waals surface area contributed by atoms with Crippen LogP contribution < -0.4 is 16.0 Å². The van der Waals surface area contributed by atoms with E-state index in [0.29, 0.717) is 18.1 Å². The van der Waals surface area contributed by atoms with Crippen LogP contribution in [0.1, 0.15) is 58.1 Å². The van der Waals surface area contributed by atoms with Gasteiger partial charge in [-0.3, -0.25) is 0 Å². The Morgan fingerprint density at radius 2 is 2.12 bits per heavy atom. The summed E-state index contributed by atoms with van der Waals surface area (Å²) in [6.07, 6.45) is 2.38. The minimum atomic E-state index is -1.08. The smallest absolute Gasteiger partial charge is 0.404 e. The van der Waals surface area contributed by atoms with Crippen molar-refractivity contribution in [1.82, 2.24) is 20.9 Å². The number of piperidine rings is 1. The molecule has 0 aliphatic carbocycles. The van der Waals surface area contributed by atoms with Crippen molar-refractivity contribution >= 4 is 23.7 Å². The number of benzene rings is 1. The SMILES string of the molecule is CCC(C)(C)C[C@@H](CNC)NC(=O)N1CCC[C@@H](C(OCCNC(=O)O)c2cccc(Cl)c2)C1. The fraction of sp³-hybridized carbons (Fsp3) is 0.680. The van der Waals surface area contributed by atoms with Gasteiger partial charge in [-0.25, -0.2) is 9.59 Å². The molecule has 1 heterocycles.